The first-order valence-electron chi connectivity index (χ1n) is 12.8. The van der Waals surface area contributed by atoms with Crippen molar-refractivity contribution >= 4 is 95.7 Å². The van der Waals surface area contributed by atoms with Crippen LogP contribution in [0.2, 0.25) is 5.21 Å². The van der Waals surface area contributed by atoms with Gasteiger partial charge < -0.3 is 10.7 Å². The number of nitrogens with one attached hydrogen (secondary N) is 1. The summed E-state index contributed by atoms with van der Waals surface area (Å²) in [7, 11) is 18.3. The number of hydrogen-bond acceptors (Lipinski definition) is 4. The van der Waals surface area contributed by atoms with Crippen LogP contribution in [0.1, 0.15) is 42.4 Å². The quantitative estimate of drug-likeness (QED) is 0.356. The number of aromatic amines is 1. The van der Waals surface area contributed by atoms with Crippen LogP contribution in [0, 0.1) is 0 Å². The predicted molar refractivity (Wildman–Crippen MR) is 168 cm³/mol. The minimum atomic E-state index is -0.113. The fourth-order valence-electron chi connectivity index (χ4n) is 5.77. The molecular formula is C21H35B8N5. The van der Waals surface area contributed by atoms with E-state index in [2.05, 4.69) is 84.8 Å². The van der Waals surface area contributed by atoms with Crippen LogP contribution < -0.4 is 27.6 Å². The second-order valence-corrected chi connectivity index (χ2v) is 11.5. The predicted octanol–water partition coefficient (Wildman–Crippen LogP) is -7.48. The lowest BCUT2D eigenvalue weighted by atomic mass is 9.32. The summed E-state index contributed by atoms with van der Waals surface area (Å²) in [6.45, 7) is 1.44. The molecule has 34 heavy (non-hydrogen) atoms. The van der Waals surface area contributed by atoms with Crippen LogP contribution in [-0.2, 0) is 13.0 Å². The summed E-state index contributed by atoms with van der Waals surface area (Å²) in [5, 5.41) is -0.0861. The Hall–Kier alpha value is -1.72. The lowest BCUT2D eigenvalue weighted by Crippen LogP contribution is -2.60. The molecule has 0 saturated heterocycles. The number of aryl methyl sites for hydroxylation is 1. The number of benzene rings is 1. The number of pyridine rings is 1. The van der Waals surface area contributed by atoms with Crippen molar-refractivity contribution in [3.05, 3.63) is 35.4 Å². The molecule has 1 aliphatic rings. The molecule has 1 aromatic carbocycles. The molecule has 0 amide bonds. The highest BCUT2D eigenvalue weighted by Gasteiger charge is 2.45. The van der Waals surface area contributed by atoms with Crippen LogP contribution in [0.4, 0.5) is 0 Å². The minimum absolute atomic E-state index is 0.0270. The molecule has 1 atom stereocenters. The molecule has 1 aliphatic carbocycles. The fourth-order valence-corrected chi connectivity index (χ4v) is 5.77. The number of imidazole rings is 1. The number of nitrogens with two attached hydrogens (primary N) is 1. The first-order valence-corrected chi connectivity index (χ1v) is 12.8. The van der Waals surface area contributed by atoms with Gasteiger partial charge in [-0.3, -0.25) is 9.88 Å². The number of H-pyrrole nitrogens is 1. The Balaban J connectivity index is 1.83. The van der Waals surface area contributed by atoms with Crippen LogP contribution in [0.25, 0.3) is 11.0 Å². The number of aromatic nitrogens is 3. The minimum Gasteiger partial charge on any atom is -0.341 e. The normalized spacial score (nSPS) is 16.7. The van der Waals surface area contributed by atoms with E-state index >= 15 is 0 Å². The van der Waals surface area contributed by atoms with E-state index in [-0.39, 0.29) is 16.6 Å². The van der Waals surface area contributed by atoms with Gasteiger partial charge in [0.05, 0.1) is 45.0 Å². The lowest BCUT2D eigenvalue weighted by Gasteiger charge is -2.54. The molecule has 4 rings (SSSR count). The first kappa shape index (κ1) is 25.4. The molecule has 0 bridgehead atoms. The van der Waals surface area contributed by atoms with Crippen molar-refractivity contribution in [3.8, 4) is 0 Å². The maximum atomic E-state index is 6.08. The van der Waals surface area contributed by atoms with Gasteiger partial charge in [0, 0.05) is 6.20 Å². The smallest absolute Gasteiger partial charge is 0.141 e. The Morgan fingerprint density at radius 2 is 1.76 bits per heavy atom. The van der Waals surface area contributed by atoms with E-state index in [1.807, 2.05) is 6.20 Å². The molecule has 3 N–H and O–H groups in total. The Labute approximate surface area is 211 Å². The summed E-state index contributed by atoms with van der Waals surface area (Å²) in [6.07, 6.45) is 6.33. The van der Waals surface area contributed by atoms with Crippen molar-refractivity contribution in [3.63, 3.8) is 0 Å². The molecule has 0 saturated carbocycles. The maximum Gasteiger partial charge on any atom is 0.141 e. The van der Waals surface area contributed by atoms with Gasteiger partial charge in [-0.1, -0.05) is 33.1 Å². The average molecular weight is 444 g/mol. The highest BCUT2D eigenvalue weighted by molar-refractivity contribution is 6.66. The summed E-state index contributed by atoms with van der Waals surface area (Å²) >= 11 is 0. The lowest BCUT2D eigenvalue weighted by molar-refractivity contribution is 0.108. The van der Waals surface area contributed by atoms with Crippen LogP contribution in [0.15, 0.2) is 18.3 Å². The molecule has 2 aromatic heterocycles. The molecule has 0 spiro atoms. The van der Waals surface area contributed by atoms with Gasteiger partial charge in [-0.15, -0.1) is 0 Å². The molecule has 3 aromatic rings. The summed E-state index contributed by atoms with van der Waals surface area (Å²) in [6, 6.07) is 4.59. The first-order chi connectivity index (χ1) is 16.0. The average Bonchev–Trinajstić information content (AvgIpc) is 3.23. The largest absolute Gasteiger partial charge is 0.341 e. The van der Waals surface area contributed by atoms with Crippen LogP contribution in [0.5, 0.6) is 0 Å². The SMILES string of the molecule is Bc1c(B)c(B)c2[nH]c(CN([C@H]3CCCc4cccnc43)C(B)(B)C(B)(B)CCN)nc2c1B. The maximum absolute atomic E-state index is 6.08. The Morgan fingerprint density at radius 1 is 1.06 bits per heavy atom. The van der Waals surface area contributed by atoms with Crippen molar-refractivity contribution in [1.29, 1.82) is 0 Å². The van der Waals surface area contributed by atoms with Crippen LogP contribution in [-0.4, -0.2) is 94.5 Å². The van der Waals surface area contributed by atoms with Gasteiger partial charge in [-0.25, -0.2) is 4.98 Å². The highest BCUT2D eigenvalue weighted by atomic mass is 15.2. The third-order valence-electron chi connectivity index (χ3n) is 9.18. The summed E-state index contributed by atoms with van der Waals surface area (Å²) in [4.78, 5) is 16.5. The van der Waals surface area contributed by atoms with E-state index in [9.17, 15) is 0 Å². The van der Waals surface area contributed by atoms with Crippen molar-refractivity contribution in [2.45, 2.75) is 48.8 Å². The molecule has 5 nitrogen and oxygen atoms in total. The van der Waals surface area contributed by atoms with Gasteiger partial charge in [0.15, 0.2) is 0 Å². The van der Waals surface area contributed by atoms with E-state index in [0.29, 0.717) is 6.54 Å². The van der Waals surface area contributed by atoms with Gasteiger partial charge in [0.2, 0.25) is 0 Å². The van der Waals surface area contributed by atoms with E-state index in [0.717, 1.165) is 37.1 Å². The van der Waals surface area contributed by atoms with Crippen molar-refractivity contribution in [2.75, 3.05) is 6.54 Å². The van der Waals surface area contributed by atoms with E-state index in [4.69, 9.17) is 15.7 Å². The van der Waals surface area contributed by atoms with E-state index in [1.54, 1.807) is 0 Å². The third kappa shape index (κ3) is 4.24. The summed E-state index contributed by atoms with van der Waals surface area (Å²) in [5.74, 6) is 1.03. The number of fused-ring (bicyclic) bond motifs is 2. The Kier molecular flexibility index (Phi) is 7.00. The number of hydrogen-bond donors (Lipinski definition) is 2. The van der Waals surface area contributed by atoms with Gasteiger partial charge in [-0.2, -0.15) is 0 Å². The molecule has 2 heterocycles. The molecule has 13 heteroatoms. The second kappa shape index (κ2) is 9.38. The van der Waals surface area contributed by atoms with E-state index in [1.165, 1.54) is 45.0 Å². The summed E-state index contributed by atoms with van der Waals surface area (Å²) in [5.41, 5.74) is 16.3. The molecule has 0 unspecified atom stereocenters. The van der Waals surface area contributed by atoms with Crippen molar-refractivity contribution < 1.29 is 0 Å². The number of nitrogens with zero attached hydrogens (tertiary/aromatic N) is 3. The van der Waals surface area contributed by atoms with Crippen molar-refractivity contribution in [2.24, 2.45) is 5.73 Å². The zero-order valence-corrected chi connectivity index (χ0v) is 22.5. The fraction of sp³-hybridized carbons (Fsp3) is 0.429. The topological polar surface area (TPSA) is 70.8 Å². The Bertz CT molecular complexity index is 1170. The molecule has 0 radical (unpaired) electrons. The molecule has 0 aliphatic heterocycles. The van der Waals surface area contributed by atoms with Crippen LogP contribution in [0.3, 0.4) is 0 Å². The highest BCUT2D eigenvalue weighted by Crippen LogP contribution is 2.44. The summed E-state index contributed by atoms with van der Waals surface area (Å²) < 4.78 is 0. The van der Waals surface area contributed by atoms with Gasteiger partial charge >= 0.3 is 0 Å². The van der Waals surface area contributed by atoms with Crippen molar-refractivity contribution in [1.82, 2.24) is 19.9 Å². The van der Waals surface area contributed by atoms with Gasteiger partial charge in [-0.05, 0) is 49.2 Å². The van der Waals surface area contributed by atoms with Gasteiger partial charge in [0.25, 0.3) is 0 Å². The van der Waals surface area contributed by atoms with Crippen LogP contribution >= 0.6 is 0 Å². The number of rotatable bonds is 7. The molecular weight excluding hydrogens is 409 g/mol. The monoisotopic (exact) mass is 445 g/mol. The van der Waals surface area contributed by atoms with E-state index < -0.39 is 0 Å². The zero-order valence-electron chi connectivity index (χ0n) is 22.5. The zero-order chi connectivity index (χ0) is 24.8. The molecule has 168 valence electrons. The van der Waals surface area contributed by atoms with Gasteiger partial charge in [0.1, 0.15) is 52.9 Å². The standard InChI is InChI=1S/C21H35B8N5/c22-13-14(23)16(25)19-18(15(13)24)32-12(33-19)9-34(21(28,29)20(26,27)6-7-30)11-5-1-3-10-4-2-8-31-17(10)11/h2,4,8,11H,1,3,5-7,9,22-30H2,(H,32,33)/t11-/m0/s1. The Morgan fingerprint density at radius 3 is 2.47 bits per heavy atom. The molecule has 0 fully saturated rings. The second-order valence-electron chi connectivity index (χ2n) is 11.5. The third-order valence-corrected chi connectivity index (χ3v) is 9.18.